The van der Waals surface area contributed by atoms with E-state index in [0.29, 0.717) is 0 Å². The van der Waals surface area contributed by atoms with Gasteiger partial charge in [-0.25, -0.2) is 0 Å². The van der Waals surface area contributed by atoms with E-state index >= 15 is 0 Å². The Kier molecular flexibility index (Phi) is 18200. The Morgan fingerprint density at radius 1 is 0.500 bits per heavy atom. The summed E-state index contributed by atoms with van der Waals surface area (Å²) >= 11 is 0. The van der Waals surface area contributed by atoms with Crippen LogP contribution in [0.4, 0.5) is 0 Å². The third kappa shape index (κ3) is 129. The zero-order valence-electron chi connectivity index (χ0n) is 4.82. The first-order valence-corrected chi connectivity index (χ1v) is 0. The van der Waals surface area contributed by atoms with E-state index in [-0.39, 0.29) is 55.2 Å². The zero-order valence-corrected chi connectivity index (χ0v) is 7.35. The van der Waals surface area contributed by atoms with Crippen molar-refractivity contribution in [2.24, 2.45) is 0 Å². The smallest absolute Gasteiger partial charge is 0.369 e. The molecule has 0 unspecified atom stereocenters. The summed E-state index contributed by atoms with van der Waals surface area (Å²) < 4.78 is 0. The average Bonchev–Trinajstić information content (AvgIpc) is 0. The molecule has 4 nitrogen and oxygen atoms in total. The van der Waals surface area contributed by atoms with Gasteiger partial charge in [0.1, 0.15) is 0 Å². The minimum atomic E-state index is 0. The maximum absolute atomic E-state index is 0. The molecule has 0 atom stereocenters. The maximum Gasteiger partial charge on any atom is -0.369 e. The third-order valence-corrected chi connectivity index (χ3v) is 0. The molecule has 6 heavy (non-hydrogen) atoms. The van der Waals surface area contributed by atoms with Crippen LogP contribution in [0.1, 0.15) is 0 Å². The van der Waals surface area contributed by atoms with E-state index in [4.69, 9.17) is 0 Å². The normalized spacial score (nSPS) is 0. The molecule has 16 N–H and O–H groups in total. The van der Waals surface area contributed by atoms with E-state index in [2.05, 4.69) is 0 Å². The van der Waals surface area contributed by atoms with Gasteiger partial charge >= 0.3 is 0 Å². The van der Waals surface area contributed by atoms with Gasteiger partial charge in [0.25, 0.3) is 0 Å². The molecule has 0 aromatic rings. The van der Waals surface area contributed by atoms with Crippen LogP contribution in [0, 0.1) is 0 Å². The fourth-order valence-corrected chi connectivity index (χ4v) is 0. The van der Waals surface area contributed by atoms with Crippen LogP contribution in [0.3, 0.4) is 0 Å². The van der Waals surface area contributed by atoms with Crippen LogP contribution in [-0.2, 0) is 13.5 Å². The monoisotopic (exact) mass is 184 g/mol. The summed E-state index contributed by atoms with van der Waals surface area (Å²) in [5.41, 5.74) is 0. The van der Waals surface area contributed by atoms with Crippen molar-refractivity contribution in [1.29, 1.82) is 0 Å². The Labute approximate surface area is 55.7 Å². The Bertz CT molecular complexity index is 7.51. The van der Waals surface area contributed by atoms with Crippen molar-refractivity contribution in [3.63, 3.8) is 0 Å². The molecule has 0 saturated carbocycles. The summed E-state index contributed by atoms with van der Waals surface area (Å²) in [6.45, 7) is 0. The molecule has 0 radical (unpaired) electrons. The van der Waals surface area contributed by atoms with Gasteiger partial charge in [-0.05, 0) is 0 Å². The van der Waals surface area contributed by atoms with Crippen molar-refractivity contribution in [2.75, 3.05) is 0 Å². The van der Waals surface area contributed by atoms with Crippen molar-refractivity contribution in [3.05, 3.63) is 0 Å². The Balaban J connectivity index is 0. The zero-order chi connectivity index (χ0) is 0. The molecule has 0 aliphatic rings. The number of quaternary nitrogens is 4. The van der Waals surface area contributed by atoms with E-state index < -0.39 is 0 Å². The van der Waals surface area contributed by atoms with Gasteiger partial charge in [0.2, 0.25) is 0 Å². The standard InChI is InChI=1S/4H3N.S.Se/h4*1H3;;/q;;;;2*-2/p+4. The molecular formula is H16N4SSe. The topological polar surface area (TPSA) is 146 Å². The van der Waals surface area contributed by atoms with Crippen molar-refractivity contribution >= 4 is 30.6 Å². The van der Waals surface area contributed by atoms with Crippen LogP contribution in [-0.4, -0.2) is 17.1 Å². The molecule has 0 aromatic carbocycles. The summed E-state index contributed by atoms with van der Waals surface area (Å²) in [5.74, 6) is 0. The molecule has 0 saturated heterocycles. The summed E-state index contributed by atoms with van der Waals surface area (Å²) in [6.07, 6.45) is 0. The second-order valence-electron chi connectivity index (χ2n) is 0. The van der Waals surface area contributed by atoms with Gasteiger partial charge in [0.05, 0.1) is 0 Å². The molecule has 0 bridgehead atoms. The quantitative estimate of drug-likeness (QED) is 0.398. The van der Waals surface area contributed by atoms with Crippen LogP contribution in [0.5, 0.6) is 0 Å². The van der Waals surface area contributed by atoms with Gasteiger partial charge in [-0.1, -0.05) is 0 Å². The maximum atomic E-state index is 0. The molecule has 0 fully saturated rings. The summed E-state index contributed by atoms with van der Waals surface area (Å²) in [7, 11) is 0. The molecular weight excluding hydrogens is 167 g/mol. The van der Waals surface area contributed by atoms with E-state index in [9.17, 15) is 0 Å². The van der Waals surface area contributed by atoms with Crippen molar-refractivity contribution in [3.8, 4) is 0 Å². The van der Waals surface area contributed by atoms with E-state index in [0.717, 1.165) is 0 Å². The SMILES string of the molecule is [NH4+].[NH4+].[NH4+].[NH4+].[S-2].[Se-2]. The van der Waals surface area contributed by atoms with Gasteiger partial charge in [-0.3, -0.25) is 0 Å². The van der Waals surface area contributed by atoms with Crippen LogP contribution < -0.4 is 24.6 Å². The van der Waals surface area contributed by atoms with Crippen LogP contribution >= 0.6 is 0 Å². The fourth-order valence-electron chi connectivity index (χ4n) is 0. The predicted octanol–water partition coefficient (Wildman–Crippen LogP) is 1.12. The van der Waals surface area contributed by atoms with Gasteiger partial charge < -0.3 is 55.2 Å². The second kappa shape index (κ2) is 252. The number of hydrogen-bond donors (Lipinski definition) is 4. The molecule has 0 aromatic heterocycles. The molecule has 0 spiro atoms. The van der Waals surface area contributed by atoms with Crippen LogP contribution in [0.25, 0.3) is 0 Å². The predicted molar refractivity (Wildman–Crippen MR) is 37.1 cm³/mol. The molecule has 0 aliphatic heterocycles. The Morgan fingerprint density at radius 3 is 0.500 bits per heavy atom. The summed E-state index contributed by atoms with van der Waals surface area (Å²) in [5, 5.41) is 0. The van der Waals surface area contributed by atoms with Gasteiger partial charge in [0, 0.05) is 0 Å². The van der Waals surface area contributed by atoms with Crippen molar-refractivity contribution in [1.82, 2.24) is 24.6 Å². The first-order chi connectivity index (χ1) is 0. The summed E-state index contributed by atoms with van der Waals surface area (Å²) in [4.78, 5) is 0. The second-order valence-corrected chi connectivity index (χ2v) is 0. The third-order valence-electron chi connectivity index (χ3n) is 0. The largest absolute Gasteiger partial charge is 2.00 e. The molecule has 48 valence electrons. The minimum absolute atomic E-state index is 0. The minimum Gasteiger partial charge on any atom is -2.00 e. The molecule has 0 aliphatic carbocycles. The van der Waals surface area contributed by atoms with E-state index in [1.165, 1.54) is 0 Å². The van der Waals surface area contributed by atoms with E-state index in [1.807, 2.05) is 0 Å². The van der Waals surface area contributed by atoms with Crippen molar-refractivity contribution in [2.45, 2.75) is 0 Å². The van der Waals surface area contributed by atoms with Crippen LogP contribution in [0.15, 0.2) is 0 Å². The fraction of sp³-hybridized carbons (Fsp3) is 0. The van der Waals surface area contributed by atoms with Crippen molar-refractivity contribution < 1.29 is 0 Å². The average molecular weight is 183 g/mol. The van der Waals surface area contributed by atoms with Gasteiger partial charge in [0.15, 0.2) is 0 Å². The Hall–Kier alpha value is 0.709. The number of hydrogen-bond acceptors (Lipinski definition) is 0. The van der Waals surface area contributed by atoms with Gasteiger partial charge in [-0.2, -0.15) is 0 Å². The first-order valence-electron chi connectivity index (χ1n) is 0. The summed E-state index contributed by atoms with van der Waals surface area (Å²) in [6, 6.07) is 0. The van der Waals surface area contributed by atoms with E-state index in [1.54, 1.807) is 0 Å². The molecule has 6 heteroatoms. The molecule has 0 rings (SSSR count). The van der Waals surface area contributed by atoms with Gasteiger partial charge in [-0.15, -0.1) is 0 Å². The Morgan fingerprint density at radius 2 is 0.500 bits per heavy atom. The molecule has 0 amide bonds. The first kappa shape index (κ1) is 435. The number of rotatable bonds is 0. The van der Waals surface area contributed by atoms with Crippen LogP contribution in [0.2, 0.25) is 0 Å². The molecule has 0 heterocycles.